The van der Waals surface area contributed by atoms with Crippen LogP contribution in [0.2, 0.25) is 0 Å². The van der Waals surface area contributed by atoms with Gasteiger partial charge in [0.05, 0.1) is 5.60 Å². The third-order valence-corrected chi connectivity index (χ3v) is 10.2. The highest BCUT2D eigenvalue weighted by molar-refractivity contribution is 5.96. The molecule has 1 heterocycles. The second-order valence-corrected chi connectivity index (χ2v) is 10.8. The molecular formula is C24H33NO3. The molecule has 0 aromatic carbocycles. The quantitative estimate of drug-likeness (QED) is 0.676. The molecule has 28 heavy (non-hydrogen) atoms. The number of rotatable bonds is 1. The maximum absolute atomic E-state index is 12.2. The van der Waals surface area contributed by atoms with E-state index in [1.165, 1.54) is 38.5 Å². The normalized spacial score (nSPS) is 50.4. The van der Waals surface area contributed by atoms with Crippen LogP contribution in [0.1, 0.15) is 78.1 Å². The number of aliphatic hydroxyl groups is 1. The molecule has 1 N–H and O–H groups in total. The van der Waals surface area contributed by atoms with Crippen LogP contribution in [-0.4, -0.2) is 23.3 Å². The Morgan fingerprint density at radius 1 is 1.04 bits per heavy atom. The minimum Gasteiger partial charge on any atom is -0.457 e. The van der Waals surface area contributed by atoms with Gasteiger partial charge in [0.15, 0.2) is 0 Å². The second-order valence-electron chi connectivity index (χ2n) is 10.8. The molecule has 5 aliphatic rings. The van der Waals surface area contributed by atoms with Crippen molar-refractivity contribution in [1.29, 1.82) is 5.26 Å². The van der Waals surface area contributed by atoms with Crippen LogP contribution in [0.4, 0.5) is 0 Å². The molecule has 1 aliphatic heterocycles. The fraction of sp³-hybridized carbons (Fsp3) is 0.833. The number of esters is 1. The standard InChI is InChI=1S/C24H33NO3/c1-22-10-4-3-5-15(22)6-7-20-19(22)8-11-23(2)18(9-12-24(20,23)27)17-14-28-21(26)16(17)13-25/h15,18-20,27H,3-12,14H2,1-2H3/t15-,18+,19-,20+,22-,23+,24-/m0/s1. The van der Waals surface area contributed by atoms with Gasteiger partial charge in [-0.3, -0.25) is 0 Å². The Bertz CT molecular complexity index is 781. The molecule has 4 heteroatoms. The molecule has 4 saturated carbocycles. The van der Waals surface area contributed by atoms with Gasteiger partial charge in [-0.25, -0.2) is 4.79 Å². The molecule has 7 atom stereocenters. The largest absolute Gasteiger partial charge is 0.457 e. The van der Waals surface area contributed by atoms with E-state index in [0.717, 1.165) is 37.2 Å². The van der Waals surface area contributed by atoms with Crippen LogP contribution in [0.25, 0.3) is 0 Å². The fourth-order valence-electron chi connectivity index (χ4n) is 8.63. The topological polar surface area (TPSA) is 70.3 Å². The van der Waals surface area contributed by atoms with E-state index in [0.29, 0.717) is 17.3 Å². The summed E-state index contributed by atoms with van der Waals surface area (Å²) in [4.78, 5) is 12.0. The molecule has 0 saturated heterocycles. The number of cyclic esters (lactones) is 1. The van der Waals surface area contributed by atoms with Crippen LogP contribution in [-0.2, 0) is 9.53 Å². The number of hydrogen-bond acceptors (Lipinski definition) is 4. The number of nitriles is 1. The number of carbonyl (C=O) groups is 1. The maximum atomic E-state index is 12.2. The molecular weight excluding hydrogens is 350 g/mol. The molecule has 0 amide bonds. The fourth-order valence-corrected chi connectivity index (χ4v) is 8.63. The zero-order chi connectivity index (χ0) is 19.7. The first-order chi connectivity index (χ1) is 13.3. The Balaban J connectivity index is 1.51. The van der Waals surface area contributed by atoms with E-state index >= 15 is 0 Å². The van der Waals surface area contributed by atoms with Gasteiger partial charge in [-0.15, -0.1) is 0 Å². The predicted molar refractivity (Wildman–Crippen MR) is 105 cm³/mol. The van der Waals surface area contributed by atoms with Gasteiger partial charge < -0.3 is 9.84 Å². The number of ether oxygens (including phenoxy) is 1. The van der Waals surface area contributed by atoms with E-state index in [1.54, 1.807) is 0 Å². The van der Waals surface area contributed by atoms with Crippen molar-refractivity contribution in [3.05, 3.63) is 11.1 Å². The molecule has 0 bridgehead atoms. The summed E-state index contributed by atoms with van der Waals surface area (Å²) in [6.07, 6.45) is 11.6. The zero-order valence-corrected chi connectivity index (χ0v) is 17.3. The van der Waals surface area contributed by atoms with Gasteiger partial charge in [-0.1, -0.05) is 26.7 Å². The Morgan fingerprint density at radius 2 is 1.86 bits per heavy atom. The van der Waals surface area contributed by atoms with E-state index < -0.39 is 11.6 Å². The van der Waals surface area contributed by atoms with Crippen LogP contribution in [0, 0.1) is 45.8 Å². The van der Waals surface area contributed by atoms with Gasteiger partial charge in [0.2, 0.25) is 0 Å². The van der Waals surface area contributed by atoms with Crippen molar-refractivity contribution >= 4 is 5.97 Å². The van der Waals surface area contributed by atoms with Crippen LogP contribution in [0.3, 0.4) is 0 Å². The Morgan fingerprint density at radius 3 is 2.64 bits per heavy atom. The van der Waals surface area contributed by atoms with E-state index in [-0.39, 0.29) is 23.5 Å². The summed E-state index contributed by atoms with van der Waals surface area (Å²) < 4.78 is 5.22. The lowest BCUT2D eigenvalue weighted by Crippen LogP contribution is -2.61. The van der Waals surface area contributed by atoms with Crippen molar-refractivity contribution in [2.75, 3.05) is 6.61 Å². The van der Waals surface area contributed by atoms with Crippen LogP contribution in [0.15, 0.2) is 11.1 Å². The average molecular weight is 384 g/mol. The summed E-state index contributed by atoms with van der Waals surface area (Å²) in [6.45, 7) is 5.00. The summed E-state index contributed by atoms with van der Waals surface area (Å²) in [5, 5.41) is 21.7. The molecule has 4 fully saturated rings. The lowest BCUT2D eigenvalue weighted by Gasteiger charge is -2.63. The van der Waals surface area contributed by atoms with E-state index in [4.69, 9.17) is 4.74 Å². The first-order valence-electron chi connectivity index (χ1n) is 11.4. The molecule has 4 aliphatic carbocycles. The lowest BCUT2D eigenvalue weighted by molar-refractivity contribution is -0.203. The number of nitrogens with zero attached hydrogens (tertiary/aromatic N) is 1. The molecule has 0 aromatic rings. The smallest absolute Gasteiger partial charge is 0.349 e. The SMILES string of the molecule is C[C@]12CCCC[C@H]1CC[C@@H]1[C@@H]2CC[C@]2(C)[C@@H](C3=C(C#N)C(=O)OC3)CC[C@]12O. The molecule has 4 nitrogen and oxygen atoms in total. The second kappa shape index (κ2) is 6.08. The Hall–Kier alpha value is -1.34. The predicted octanol–water partition coefficient (Wildman–Crippen LogP) is 4.53. The molecule has 0 spiro atoms. The Labute approximate surface area is 168 Å². The lowest BCUT2D eigenvalue weighted by atomic mass is 9.43. The van der Waals surface area contributed by atoms with E-state index in [1.807, 2.05) is 0 Å². The molecule has 0 aromatic heterocycles. The summed E-state index contributed by atoms with van der Waals surface area (Å²) in [6, 6.07) is 2.09. The highest BCUT2D eigenvalue weighted by Crippen LogP contribution is 2.70. The highest BCUT2D eigenvalue weighted by Gasteiger charge is 2.67. The van der Waals surface area contributed by atoms with Gasteiger partial charge in [-0.05, 0) is 86.0 Å². The minimum atomic E-state index is -0.675. The van der Waals surface area contributed by atoms with Crippen molar-refractivity contribution in [1.82, 2.24) is 0 Å². The summed E-state index contributed by atoms with van der Waals surface area (Å²) in [5.74, 6) is 1.44. The summed E-state index contributed by atoms with van der Waals surface area (Å²) in [7, 11) is 0. The number of carbonyl (C=O) groups excluding carboxylic acids is 1. The molecule has 0 radical (unpaired) electrons. The summed E-state index contributed by atoms with van der Waals surface area (Å²) >= 11 is 0. The van der Waals surface area contributed by atoms with Crippen LogP contribution < -0.4 is 0 Å². The zero-order valence-electron chi connectivity index (χ0n) is 17.3. The average Bonchev–Trinajstić information content (AvgIpc) is 3.17. The van der Waals surface area contributed by atoms with Crippen molar-refractivity contribution in [3.63, 3.8) is 0 Å². The minimum absolute atomic E-state index is 0.0939. The maximum Gasteiger partial charge on any atom is 0.349 e. The van der Waals surface area contributed by atoms with Gasteiger partial charge in [-0.2, -0.15) is 5.26 Å². The number of fused-ring (bicyclic) bond motifs is 5. The third kappa shape index (κ3) is 2.18. The van der Waals surface area contributed by atoms with E-state index in [9.17, 15) is 15.2 Å². The summed E-state index contributed by atoms with van der Waals surface area (Å²) in [5.41, 5.74) is 0.533. The van der Waals surface area contributed by atoms with Crippen molar-refractivity contribution < 1.29 is 14.6 Å². The highest BCUT2D eigenvalue weighted by atomic mass is 16.5. The van der Waals surface area contributed by atoms with Gasteiger partial charge in [0, 0.05) is 5.41 Å². The number of hydrogen-bond donors (Lipinski definition) is 1. The monoisotopic (exact) mass is 383 g/mol. The molecule has 152 valence electrons. The van der Waals surface area contributed by atoms with Crippen LogP contribution >= 0.6 is 0 Å². The first-order valence-corrected chi connectivity index (χ1v) is 11.4. The third-order valence-electron chi connectivity index (χ3n) is 10.2. The van der Waals surface area contributed by atoms with Gasteiger partial charge in [0.25, 0.3) is 0 Å². The van der Waals surface area contributed by atoms with Crippen molar-refractivity contribution in [2.45, 2.75) is 83.7 Å². The van der Waals surface area contributed by atoms with E-state index in [2.05, 4.69) is 19.9 Å². The molecule has 5 rings (SSSR count). The molecule has 0 unspecified atom stereocenters. The Kier molecular flexibility index (Phi) is 4.05. The van der Waals surface area contributed by atoms with Gasteiger partial charge in [0.1, 0.15) is 18.2 Å². The van der Waals surface area contributed by atoms with Crippen molar-refractivity contribution in [2.24, 2.45) is 34.5 Å². The van der Waals surface area contributed by atoms with Gasteiger partial charge >= 0.3 is 5.97 Å². The van der Waals surface area contributed by atoms with Crippen LogP contribution in [0.5, 0.6) is 0 Å². The first kappa shape index (κ1) is 18.7. The van der Waals surface area contributed by atoms with Crippen molar-refractivity contribution in [3.8, 4) is 6.07 Å².